The van der Waals surface area contributed by atoms with Crippen LogP contribution in [0.4, 0.5) is 0 Å². The molecule has 242 valence electrons. The first kappa shape index (κ1) is 36.8. The second-order valence-corrected chi connectivity index (χ2v) is 12.7. The van der Waals surface area contributed by atoms with E-state index >= 15 is 0 Å². The highest BCUT2D eigenvalue weighted by molar-refractivity contribution is 6.02. The summed E-state index contributed by atoms with van der Waals surface area (Å²) in [5, 5.41) is 28.8. The highest BCUT2D eigenvalue weighted by Crippen LogP contribution is 2.26. The predicted octanol–water partition coefficient (Wildman–Crippen LogP) is 7.19. The lowest BCUT2D eigenvalue weighted by Gasteiger charge is -2.20. The number of hydrogen-bond donors (Lipinski definition) is 3. The van der Waals surface area contributed by atoms with Crippen LogP contribution in [0, 0.1) is 0 Å². The van der Waals surface area contributed by atoms with Gasteiger partial charge in [0.1, 0.15) is 17.3 Å². The first-order chi connectivity index (χ1) is 20.7. The molecule has 0 aromatic heterocycles. The Labute approximate surface area is 261 Å². The van der Waals surface area contributed by atoms with Gasteiger partial charge in [0.25, 0.3) is 0 Å². The SMILES string of the molecule is CC(C)(O)C(=O)c1ccc(CC(OC(=O)CCCCCCCCCCCCC(=O)O)c2ccc(C(=O)C(C)(C)O)cc2)cc1. The number of carbonyl (C=O) groups is 4. The molecule has 3 N–H and O–H groups in total. The van der Waals surface area contributed by atoms with Crippen molar-refractivity contribution in [3.63, 3.8) is 0 Å². The monoisotopic (exact) mass is 610 g/mol. The van der Waals surface area contributed by atoms with Crippen molar-refractivity contribution in [1.29, 1.82) is 0 Å². The molecule has 0 aliphatic rings. The number of aliphatic hydroxyl groups is 2. The average Bonchev–Trinajstić information content (AvgIpc) is 2.96. The van der Waals surface area contributed by atoms with E-state index in [1.807, 2.05) is 0 Å². The number of ketones is 2. The smallest absolute Gasteiger partial charge is 0.306 e. The van der Waals surface area contributed by atoms with E-state index in [0.717, 1.165) is 69.8 Å². The van der Waals surface area contributed by atoms with E-state index in [4.69, 9.17) is 9.84 Å². The molecule has 0 heterocycles. The third-order valence-electron chi connectivity index (χ3n) is 7.59. The van der Waals surface area contributed by atoms with Crippen molar-refractivity contribution in [3.8, 4) is 0 Å². The van der Waals surface area contributed by atoms with E-state index in [0.29, 0.717) is 29.5 Å². The van der Waals surface area contributed by atoms with Crippen molar-refractivity contribution in [2.45, 2.75) is 128 Å². The van der Waals surface area contributed by atoms with Crippen LogP contribution >= 0.6 is 0 Å². The summed E-state index contributed by atoms with van der Waals surface area (Å²) in [4.78, 5) is 48.3. The largest absolute Gasteiger partial charge is 0.481 e. The summed E-state index contributed by atoms with van der Waals surface area (Å²) < 4.78 is 5.93. The maximum absolute atomic E-state index is 12.9. The zero-order chi connectivity index (χ0) is 32.8. The second kappa shape index (κ2) is 17.8. The van der Waals surface area contributed by atoms with Crippen LogP contribution in [-0.2, 0) is 20.7 Å². The van der Waals surface area contributed by atoms with Gasteiger partial charge in [0.15, 0.2) is 11.6 Å². The standard InChI is InChI=1S/C36H50O8/c1-35(2,42)33(40)28-19-17-26(18-20-28)25-30(27-21-23-29(24-22-27)34(41)36(3,4)43)44-32(39)16-14-12-10-8-6-5-7-9-11-13-15-31(37)38/h17-24,30,42-43H,5-16,25H2,1-4H3,(H,37,38). The lowest BCUT2D eigenvalue weighted by atomic mass is 9.93. The summed E-state index contributed by atoms with van der Waals surface area (Å²) in [7, 11) is 0. The Morgan fingerprint density at radius 2 is 1.00 bits per heavy atom. The van der Waals surface area contributed by atoms with Crippen molar-refractivity contribution in [1.82, 2.24) is 0 Å². The number of ether oxygens (including phenoxy) is 1. The molecule has 0 fully saturated rings. The molecule has 0 amide bonds. The van der Waals surface area contributed by atoms with Crippen LogP contribution < -0.4 is 0 Å². The molecule has 0 radical (unpaired) electrons. The summed E-state index contributed by atoms with van der Waals surface area (Å²) in [6, 6.07) is 13.6. The van der Waals surface area contributed by atoms with Crippen LogP contribution in [0.1, 0.15) is 143 Å². The Kier molecular flexibility index (Phi) is 14.9. The average molecular weight is 611 g/mol. The van der Waals surface area contributed by atoms with Crippen LogP contribution in [0.2, 0.25) is 0 Å². The molecule has 0 bridgehead atoms. The van der Waals surface area contributed by atoms with E-state index in [-0.39, 0.29) is 18.2 Å². The van der Waals surface area contributed by atoms with Crippen molar-refractivity contribution < 1.29 is 39.2 Å². The van der Waals surface area contributed by atoms with Crippen molar-refractivity contribution in [3.05, 3.63) is 70.8 Å². The van der Waals surface area contributed by atoms with Crippen LogP contribution in [0.25, 0.3) is 0 Å². The molecule has 2 rings (SSSR count). The maximum atomic E-state index is 12.9. The van der Waals surface area contributed by atoms with Gasteiger partial charge >= 0.3 is 11.9 Å². The number of aliphatic carboxylic acids is 1. The molecule has 0 spiro atoms. The van der Waals surface area contributed by atoms with Gasteiger partial charge in [0.05, 0.1) is 0 Å². The molecular formula is C36H50O8. The number of unbranched alkanes of at least 4 members (excludes halogenated alkanes) is 9. The molecule has 0 aliphatic heterocycles. The van der Waals surface area contributed by atoms with E-state index in [9.17, 15) is 29.4 Å². The quantitative estimate of drug-likeness (QED) is 0.0767. The van der Waals surface area contributed by atoms with Gasteiger partial charge in [-0.2, -0.15) is 0 Å². The molecular weight excluding hydrogens is 560 g/mol. The normalized spacial score (nSPS) is 12.5. The summed E-state index contributed by atoms with van der Waals surface area (Å²) in [5.74, 6) is -1.82. The fraction of sp³-hybridized carbons (Fsp3) is 0.556. The first-order valence-electron chi connectivity index (χ1n) is 15.8. The van der Waals surface area contributed by atoms with Crippen molar-refractivity contribution in [2.75, 3.05) is 0 Å². The van der Waals surface area contributed by atoms with Gasteiger partial charge in [-0.1, -0.05) is 99.9 Å². The van der Waals surface area contributed by atoms with Crippen molar-refractivity contribution >= 4 is 23.5 Å². The maximum Gasteiger partial charge on any atom is 0.306 e. The van der Waals surface area contributed by atoms with Gasteiger partial charge in [-0.25, -0.2) is 0 Å². The van der Waals surface area contributed by atoms with E-state index < -0.39 is 29.1 Å². The number of carboxylic acid groups (broad SMARTS) is 1. The molecule has 0 saturated carbocycles. The Bertz CT molecular complexity index is 1200. The molecule has 2 aromatic rings. The molecule has 0 aliphatic carbocycles. The minimum absolute atomic E-state index is 0.249. The molecule has 44 heavy (non-hydrogen) atoms. The summed E-state index contributed by atoms with van der Waals surface area (Å²) in [5.41, 5.74) is -0.677. The number of carboxylic acids is 1. The summed E-state index contributed by atoms with van der Waals surface area (Å²) >= 11 is 0. The van der Waals surface area contributed by atoms with Crippen LogP contribution in [0.5, 0.6) is 0 Å². The zero-order valence-electron chi connectivity index (χ0n) is 26.8. The van der Waals surface area contributed by atoms with E-state index in [1.165, 1.54) is 27.7 Å². The van der Waals surface area contributed by atoms with Crippen LogP contribution in [-0.4, -0.2) is 50.0 Å². The number of hydrogen-bond acceptors (Lipinski definition) is 7. The fourth-order valence-corrected chi connectivity index (χ4v) is 4.97. The number of rotatable bonds is 21. The second-order valence-electron chi connectivity index (χ2n) is 12.7. The minimum atomic E-state index is -1.50. The van der Waals surface area contributed by atoms with Gasteiger partial charge in [0, 0.05) is 30.4 Å². The highest BCUT2D eigenvalue weighted by Gasteiger charge is 2.27. The molecule has 1 atom stereocenters. The fourth-order valence-electron chi connectivity index (χ4n) is 4.97. The number of carbonyl (C=O) groups excluding carboxylic acids is 3. The highest BCUT2D eigenvalue weighted by atomic mass is 16.5. The topological polar surface area (TPSA) is 138 Å². The third-order valence-corrected chi connectivity index (χ3v) is 7.59. The Balaban J connectivity index is 1.92. The predicted molar refractivity (Wildman–Crippen MR) is 170 cm³/mol. The van der Waals surface area contributed by atoms with Gasteiger partial charge < -0.3 is 20.1 Å². The van der Waals surface area contributed by atoms with Crippen LogP contribution in [0.15, 0.2) is 48.5 Å². The van der Waals surface area contributed by atoms with Gasteiger partial charge in [-0.05, 0) is 51.7 Å². The van der Waals surface area contributed by atoms with E-state index in [2.05, 4.69) is 0 Å². The summed E-state index contributed by atoms with van der Waals surface area (Å²) in [6.07, 6.45) is 10.3. The van der Waals surface area contributed by atoms with Gasteiger partial charge in [-0.15, -0.1) is 0 Å². The van der Waals surface area contributed by atoms with E-state index in [1.54, 1.807) is 48.5 Å². The Morgan fingerprint density at radius 1 is 0.614 bits per heavy atom. The molecule has 0 saturated heterocycles. The van der Waals surface area contributed by atoms with Crippen molar-refractivity contribution in [2.24, 2.45) is 0 Å². The molecule has 8 nitrogen and oxygen atoms in total. The molecule has 1 unspecified atom stereocenters. The van der Waals surface area contributed by atoms with Gasteiger partial charge in [-0.3, -0.25) is 19.2 Å². The number of esters is 1. The number of Topliss-reactive ketones (excluding diaryl/α,β-unsaturated/α-hetero) is 2. The lowest BCUT2D eigenvalue weighted by molar-refractivity contribution is -0.149. The Hall–Kier alpha value is -3.36. The lowest BCUT2D eigenvalue weighted by Crippen LogP contribution is -2.31. The molecule has 2 aromatic carbocycles. The third kappa shape index (κ3) is 13.5. The van der Waals surface area contributed by atoms with Crippen LogP contribution in [0.3, 0.4) is 0 Å². The molecule has 8 heteroatoms. The minimum Gasteiger partial charge on any atom is -0.481 e. The van der Waals surface area contributed by atoms with Gasteiger partial charge in [0.2, 0.25) is 0 Å². The number of benzene rings is 2. The first-order valence-corrected chi connectivity index (χ1v) is 15.8. The summed E-state index contributed by atoms with van der Waals surface area (Å²) in [6.45, 7) is 5.77. The Morgan fingerprint density at radius 3 is 1.41 bits per heavy atom. The zero-order valence-corrected chi connectivity index (χ0v) is 26.8.